The van der Waals surface area contributed by atoms with E-state index in [0.717, 1.165) is 13.0 Å². The molecule has 0 aromatic heterocycles. The molecule has 0 saturated heterocycles. The predicted octanol–water partition coefficient (Wildman–Crippen LogP) is 3.11. The third-order valence-electron chi connectivity index (χ3n) is 3.30. The fourth-order valence-corrected chi connectivity index (χ4v) is 2.34. The molecule has 1 aromatic carbocycles. The van der Waals surface area contributed by atoms with Gasteiger partial charge in [-0.2, -0.15) is 0 Å². The normalized spacial score (nSPS) is 14.1. The van der Waals surface area contributed by atoms with Gasteiger partial charge in [0.1, 0.15) is 0 Å². The van der Waals surface area contributed by atoms with Gasteiger partial charge >= 0.3 is 0 Å². The van der Waals surface area contributed by atoms with Gasteiger partial charge in [-0.25, -0.2) is 0 Å². The lowest BCUT2D eigenvalue weighted by Gasteiger charge is -2.23. The van der Waals surface area contributed by atoms with E-state index in [0.29, 0.717) is 18.5 Å². The Labute approximate surface area is 136 Å². The second-order valence-electron chi connectivity index (χ2n) is 8.47. The summed E-state index contributed by atoms with van der Waals surface area (Å²) in [6.07, 6.45) is 0.718. The van der Waals surface area contributed by atoms with Gasteiger partial charge in [-0.1, -0.05) is 45.0 Å². The Hall–Kier alpha value is -0.900. The van der Waals surface area contributed by atoms with Crippen LogP contribution in [0.3, 0.4) is 0 Å². The number of aliphatic hydroxyl groups excluding tert-OH is 1. The van der Waals surface area contributed by atoms with Gasteiger partial charge in [0.25, 0.3) is 0 Å². The maximum Gasteiger partial charge on any atom is 0.0789 e. The Kier molecular flexibility index (Phi) is 7.04. The monoisotopic (exact) mass is 306 g/mol. The van der Waals surface area contributed by atoms with Crippen molar-refractivity contribution in [1.82, 2.24) is 10.6 Å². The van der Waals surface area contributed by atoms with Gasteiger partial charge in [-0.05, 0) is 43.7 Å². The summed E-state index contributed by atoms with van der Waals surface area (Å²) in [7, 11) is 0. The molecule has 0 spiro atoms. The van der Waals surface area contributed by atoms with Gasteiger partial charge in [-0.3, -0.25) is 0 Å². The standard InChI is InChI=1S/C19H34N2O/c1-18(2,3)11-15-8-7-9-16(10-15)12-20-13-17(22)14-21-19(4,5)6/h7-10,17,20-22H,11-14H2,1-6H3. The number of hydrogen-bond acceptors (Lipinski definition) is 3. The highest BCUT2D eigenvalue weighted by Crippen LogP contribution is 2.21. The first-order valence-corrected chi connectivity index (χ1v) is 8.27. The smallest absolute Gasteiger partial charge is 0.0789 e. The molecular formula is C19H34N2O. The van der Waals surface area contributed by atoms with Crippen LogP contribution in [0.15, 0.2) is 24.3 Å². The molecular weight excluding hydrogens is 272 g/mol. The van der Waals surface area contributed by atoms with E-state index in [1.165, 1.54) is 11.1 Å². The number of benzene rings is 1. The first-order valence-electron chi connectivity index (χ1n) is 8.27. The second kappa shape index (κ2) is 8.09. The molecule has 0 amide bonds. The minimum Gasteiger partial charge on any atom is -0.390 e. The van der Waals surface area contributed by atoms with Crippen molar-refractivity contribution in [3.63, 3.8) is 0 Å². The molecule has 1 rings (SSSR count). The third-order valence-corrected chi connectivity index (χ3v) is 3.30. The van der Waals surface area contributed by atoms with Crippen LogP contribution in [0, 0.1) is 5.41 Å². The van der Waals surface area contributed by atoms with Crippen LogP contribution in [-0.2, 0) is 13.0 Å². The molecule has 0 radical (unpaired) electrons. The Bertz CT molecular complexity index is 443. The van der Waals surface area contributed by atoms with Crippen molar-refractivity contribution in [3.05, 3.63) is 35.4 Å². The van der Waals surface area contributed by atoms with Crippen LogP contribution in [0.2, 0.25) is 0 Å². The van der Waals surface area contributed by atoms with E-state index in [-0.39, 0.29) is 11.6 Å². The molecule has 0 aliphatic rings. The zero-order valence-electron chi connectivity index (χ0n) is 15.2. The zero-order chi connectivity index (χ0) is 16.8. The summed E-state index contributed by atoms with van der Waals surface area (Å²) in [5, 5.41) is 16.6. The average Bonchev–Trinajstić information content (AvgIpc) is 2.34. The SMILES string of the molecule is CC(C)(C)Cc1cccc(CNCC(O)CNC(C)(C)C)c1. The number of rotatable bonds is 7. The van der Waals surface area contributed by atoms with Crippen LogP contribution < -0.4 is 10.6 Å². The second-order valence-corrected chi connectivity index (χ2v) is 8.47. The Morgan fingerprint density at radius 2 is 1.64 bits per heavy atom. The van der Waals surface area contributed by atoms with Crippen LogP contribution >= 0.6 is 0 Å². The van der Waals surface area contributed by atoms with E-state index in [1.54, 1.807) is 0 Å². The van der Waals surface area contributed by atoms with Gasteiger partial charge in [-0.15, -0.1) is 0 Å². The van der Waals surface area contributed by atoms with Crippen molar-refractivity contribution in [2.75, 3.05) is 13.1 Å². The molecule has 0 aliphatic carbocycles. The van der Waals surface area contributed by atoms with E-state index in [4.69, 9.17) is 0 Å². The summed E-state index contributed by atoms with van der Waals surface area (Å²) in [6.45, 7) is 15.1. The van der Waals surface area contributed by atoms with Crippen molar-refractivity contribution in [2.45, 2.75) is 66.2 Å². The van der Waals surface area contributed by atoms with Crippen molar-refractivity contribution in [3.8, 4) is 0 Å². The molecule has 0 saturated carbocycles. The zero-order valence-corrected chi connectivity index (χ0v) is 15.2. The predicted molar refractivity (Wildman–Crippen MR) is 95.1 cm³/mol. The van der Waals surface area contributed by atoms with Gasteiger partial charge < -0.3 is 15.7 Å². The van der Waals surface area contributed by atoms with Gasteiger partial charge in [0.15, 0.2) is 0 Å². The number of nitrogens with one attached hydrogen (secondary N) is 2. The summed E-state index contributed by atoms with van der Waals surface area (Å²) in [5.74, 6) is 0. The molecule has 1 atom stereocenters. The lowest BCUT2D eigenvalue weighted by atomic mass is 9.88. The van der Waals surface area contributed by atoms with E-state index in [9.17, 15) is 5.11 Å². The maximum absolute atomic E-state index is 9.97. The minimum absolute atomic E-state index is 0.0439. The van der Waals surface area contributed by atoms with Crippen LogP contribution in [0.4, 0.5) is 0 Å². The van der Waals surface area contributed by atoms with Crippen molar-refractivity contribution >= 4 is 0 Å². The molecule has 1 aromatic rings. The van der Waals surface area contributed by atoms with Crippen molar-refractivity contribution in [1.29, 1.82) is 0 Å². The lowest BCUT2D eigenvalue weighted by Crippen LogP contribution is -2.43. The minimum atomic E-state index is -0.364. The molecule has 1 unspecified atom stereocenters. The Morgan fingerprint density at radius 3 is 2.23 bits per heavy atom. The fraction of sp³-hybridized carbons (Fsp3) is 0.684. The number of β-amino-alcohol motifs (C(OH)–C–C–N with tert-alkyl or cyclic N) is 1. The molecule has 0 heterocycles. The van der Waals surface area contributed by atoms with Crippen LogP contribution in [0.5, 0.6) is 0 Å². The summed E-state index contributed by atoms with van der Waals surface area (Å²) >= 11 is 0. The van der Waals surface area contributed by atoms with Gasteiger partial charge in [0.05, 0.1) is 6.10 Å². The van der Waals surface area contributed by atoms with Gasteiger partial charge in [0, 0.05) is 25.2 Å². The summed E-state index contributed by atoms with van der Waals surface area (Å²) in [4.78, 5) is 0. The molecule has 126 valence electrons. The number of aliphatic hydroxyl groups is 1. The van der Waals surface area contributed by atoms with Crippen LogP contribution in [0.25, 0.3) is 0 Å². The molecule has 3 heteroatoms. The molecule has 0 bridgehead atoms. The fourth-order valence-electron chi connectivity index (χ4n) is 2.34. The molecule has 22 heavy (non-hydrogen) atoms. The summed E-state index contributed by atoms with van der Waals surface area (Å²) < 4.78 is 0. The largest absolute Gasteiger partial charge is 0.390 e. The summed E-state index contributed by atoms with van der Waals surface area (Å²) in [5.41, 5.74) is 3.00. The van der Waals surface area contributed by atoms with Crippen molar-refractivity contribution < 1.29 is 5.11 Å². The average molecular weight is 306 g/mol. The van der Waals surface area contributed by atoms with Crippen molar-refractivity contribution in [2.24, 2.45) is 5.41 Å². The van der Waals surface area contributed by atoms with E-state index in [2.05, 4.69) is 76.4 Å². The lowest BCUT2D eigenvalue weighted by molar-refractivity contribution is 0.158. The topological polar surface area (TPSA) is 44.3 Å². The highest BCUT2D eigenvalue weighted by Gasteiger charge is 2.13. The van der Waals surface area contributed by atoms with Gasteiger partial charge in [0.2, 0.25) is 0 Å². The highest BCUT2D eigenvalue weighted by molar-refractivity contribution is 5.24. The first-order chi connectivity index (χ1) is 10.1. The van der Waals surface area contributed by atoms with Crippen LogP contribution in [-0.4, -0.2) is 29.8 Å². The third kappa shape index (κ3) is 9.19. The van der Waals surface area contributed by atoms with Crippen LogP contribution in [0.1, 0.15) is 52.7 Å². The molecule has 0 aliphatic heterocycles. The molecule has 3 nitrogen and oxygen atoms in total. The maximum atomic E-state index is 9.97. The first kappa shape index (κ1) is 19.1. The number of hydrogen-bond donors (Lipinski definition) is 3. The van der Waals surface area contributed by atoms with E-state index < -0.39 is 0 Å². The quantitative estimate of drug-likeness (QED) is 0.725. The van der Waals surface area contributed by atoms with E-state index in [1.807, 2.05) is 0 Å². The molecule has 3 N–H and O–H groups in total. The Balaban J connectivity index is 2.37. The summed E-state index contributed by atoms with van der Waals surface area (Å²) in [6, 6.07) is 8.71. The highest BCUT2D eigenvalue weighted by atomic mass is 16.3. The Morgan fingerprint density at radius 1 is 1.00 bits per heavy atom. The molecule has 0 fully saturated rings. The van der Waals surface area contributed by atoms with E-state index >= 15 is 0 Å².